The number of nitrogens with zero attached hydrogens (tertiary/aromatic N) is 1. The number of oxazole rings is 1. The molecule has 6 heteroatoms. The van der Waals surface area contributed by atoms with Crippen LogP contribution in [0.2, 0.25) is 0 Å². The van der Waals surface area contributed by atoms with Crippen molar-refractivity contribution >= 4 is 28.7 Å². The van der Waals surface area contributed by atoms with E-state index in [4.69, 9.17) is 14.9 Å². The van der Waals surface area contributed by atoms with Gasteiger partial charge in [0, 0.05) is 5.69 Å². The Balaban J connectivity index is 1.58. The molecule has 0 bridgehead atoms. The van der Waals surface area contributed by atoms with Crippen LogP contribution in [0.3, 0.4) is 0 Å². The average Bonchev–Trinajstić information content (AvgIpc) is 3.06. The fraction of sp³-hybridized carbons (Fsp3) is 0. The Kier molecular flexibility index (Phi) is 3.99. The topological polar surface area (TPSA) is 90.4 Å². The van der Waals surface area contributed by atoms with Crippen LogP contribution in [0, 0.1) is 0 Å². The van der Waals surface area contributed by atoms with Crippen molar-refractivity contribution in [2.45, 2.75) is 0 Å². The lowest BCUT2D eigenvalue weighted by molar-refractivity contribution is 0.102. The Morgan fingerprint density at radius 2 is 1.69 bits per heavy atom. The van der Waals surface area contributed by atoms with Gasteiger partial charge >= 0.3 is 6.01 Å². The van der Waals surface area contributed by atoms with Gasteiger partial charge in [-0.1, -0.05) is 24.3 Å². The van der Waals surface area contributed by atoms with Crippen LogP contribution in [0.15, 0.2) is 77.2 Å². The van der Waals surface area contributed by atoms with Crippen LogP contribution < -0.4 is 15.8 Å². The number of para-hydroxylation sites is 3. The Morgan fingerprint density at radius 3 is 2.50 bits per heavy atom. The van der Waals surface area contributed by atoms with E-state index in [-0.39, 0.29) is 11.9 Å². The van der Waals surface area contributed by atoms with Crippen molar-refractivity contribution in [1.29, 1.82) is 0 Å². The van der Waals surface area contributed by atoms with Crippen LogP contribution in [0.1, 0.15) is 10.4 Å². The molecule has 0 atom stereocenters. The van der Waals surface area contributed by atoms with Gasteiger partial charge in [0.2, 0.25) is 0 Å². The lowest BCUT2D eigenvalue weighted by Gasteiger charge is -2.10. The largest absolute Gasteiger partial charge is 0.457 e. The summed E-state index contributed by atoms with van der Waals surface area (Å²) in [5, 5.41) is 2.67. The van der Waals surface area contributed by atoms with Gasteiger partial charge in [0.05, 0.1) is 5.56 Å². The number of nitrogen functional groups attached to an aromatic ring is 1. The summed E-state index contributed by atoms with van der Waals surface area (Å²) in [6.07, 6.45) is 0. The molecule has 4 rings (SSSR count). The lowest BCUT2D eigenvalue weighted by Crippen LogP contribution is -2.13. The minimum Gasteiger partial charge on any atom is -0.457 e. The van der Waals surface area contributed by atoms with E-state index >= 15 is 0 Å². The highest BCUT2D eigenvalue weighted by Crippen LogP contribution is 2.27. The Hall–Kier alpha value is -3.80. The second-order valence-corrected chi connectivity index (χ2v) is 5.61. The Morgan fingerprint density at radius 1 is 0.962 bits per heavy atom. The number of carbonyl (C=O) groups excluding carboxylic acids is 1. The van der Waals surface area contributed by atoms with Crippen molar-refractivity contribution in [3.63, 3.8) is 0 Å². The molecule has 1 aromatic heterocycles. The zero-order chi connectivity index (χ0) is 17.9. The molecule has 0 saturated heterocycles. The average molecular weight is 345 g/mol. The van der Waals surface area contributed by atoms with Gasteiger partial charge in [0.1, 0.15) is 17.0 Å². The highest BCUT2D eigenvalue weighted by molar-refractivity contribution is 6.05. The first kappa shape index (κ1) is 15.7. The maximum atomic E-state index is 12.6. The number of nitrogens with two attached hydrogens (primary N) is 1. The van der Waals surface area contributed by atoms with E-state index < -0.39 is 0 Å². The Bertz CT molecular complexity index is 1040. The molecule has 1 amide bonds. The smallest absolute Gasteiger partial charge is 0.302 e. The van der Waals surface area contributed by atoms with Gasteiger partial charge in [-0.15, -0.1) is 0 Å². The van der Waals surface area contributed by atoms with E-state index in [0.29, 0.717) is 33.8 Å². The van der Waals surface area contributed by atoms with Gasteiger partial charge in [-0.3, -0.25) is 10.1 Å². The molecular formula is C20H15N3O3. The monoisotopic (exact) mass is 345 g/mol. The summed E-state index contributed by atoms with van der Waals surface area (Å²) in [4.78, 5) is 16.9. The summed E-state index contributed by atoms with van der Waals surface area (Å²) in [5.74, 6) is 0.634. The van der Waals surface area contributed by atoms with Crippen molar-refractivity contribution in [3.8, 4) is 11.5 Å². The maximum Gasteiger partial charge on any atom is 0.302 e. The van der Waals surface area contributed by atoms with Gasteiger partial charge in [-0.05, 0) is 48.5 Å². The number of fused-ring (bicyclic) bond motifs is 1. The van der Waals surface area contributed by atoms with Crippen molar-refractivity contribution < 1.29 is 13.9 Å². The molecule has 4 aromatic rings. The van der Waals surface area contributed by atoms with Crippen LogP contribution in [0.5, 0.6) is 11.5 Å². The molecule has 0 fully saturated rings. The molecule has 0 aliphatic rings. The molecule has 0 spiro atoms. The van der Waals surface area contributed by atoms with E-state index in [0.717, 1.165) is 0 Å². The van der Waals surface area contributed by atoms with Crippen molar-refractivity contribution in [3.05, 3.63) is 78.4 Å². The van der Waals surface area contributed by atoms with E-state index in [9.17, 15) is 4.79 Å². The molecule has 3 N–H and O–H groups in total. The molecular weight excluding hydrogens is 330 g/mol. The third-order valence-electron chi connectivity index (χ3n) is 3.75. The first-order chi connectivity index (χ1) is 12.7. The molecule has 0 radical (unpaired) electrons. The highest BCUT2D eigenvalue weighted by Gasteiger charge is 2.16. The number of hydrogen-bond donors (Lipinski definition) is 2. The van der Waals surface area contributed by atoms with Crippen LogP contribution in [-0.2, 0) is 0 Å². The minimum atomic E-state index is -0.373. The number of rotatable bonds is 4. The van der Waals surface area contributed by atoms with E-state index in [1.807, 2.05) is 18.2 Å². The van der Waals surface area contributed by atoms with Gasteiger partial charge < -0.3 is 14.9 Å². The molecule has 0 saturated carbocycles. The molecule has 0 aliphatic heterocycles. The van der Waals surface area contributed by atoms with Crippen LogP contribution in [0.4, 0.5) is 11.7 Å². The molecule has 6 nitrogen and oxygen atoms in total. The SMILES string of the molecule is Nc1ccc(Oc2ccccc2C(=O)Nc2nc3ccccc3o2)cc1. The zero-order valence-electron chi connectivity index (χ0n) is 13.7. The van der Waals surface area contributed by atoms with E-state index in [1.54, 1.807) is 54.6 Å². The number of benzene rings is 3. The summed E-state index contributed by atoms with van der Waals surface area (Å²) in [7, 11) is 0. The Labute approximate surface area is 149 Å². The fourth-order valence-corrected chi connectivity index (χ4v) is 2.50. The van der Waals surface area contributed by atoms with Gasteiger partial charge in [-0.2, -0.15) is 4.98 Å². The van der Waals surface area contributed by atoms with Gasteiger partial charge in [0.25, 0.3) is 5.91 Å². The number of carbonyl (C=O) groups is 1. The number of amides is 1. The van der Waals surface area contributed by atoms with Crippen LogP contribution >= 0.6 is 0 Å². The second kappa shape index (κ2) is 6.60. The summed E-state index contributed by atoms with van der Waals surface area (Å²) in [6, 6.07) is 21.3. The summed E-state index contributed by atoms with van der Waals surface area (Å²) in [5.41, 5.74) is 7.97. The number of ether oxygens (including phenoxy) is 1. The predicted molar refractivity (Wildman–Crippen MR) is 99.3 cm³/mol. The first-order valence-electron chi connectivity index (χ1n) is 7.98. The van der Waals surface area contributed by atoms with Crippen LogP contribution in [-0.4, -0.2) is 10.9 Å². The van der Waals surface area contributed by atoms with Gasteiger partial charge in [0.15, 0.2) is 5.58 Å². The zero-order valence-corrected chi connectivity index (χ0v) is 13.7. The number of anilines is 2. The summed E-state index contributed by atoms with van der Waals surface area (Å²) >= 11 is 0. The molecule has 0 unspecified atom stereocenters. The molecule has 26 heavy (non-hydrogen) atoms. The van der Waals surface area contributed by atoms with Gasteiger partial charge in [-0.25, -0.2) is 0 Å². The highest BCUT2D eigenvalue weighted by atomic mass is 16.5. The minimum absolute atomic E-state index is 0.137. The molecule has 128 valence electrons. The maximum absolute atomic E-state index is 12.6. The standard InChI is InChI=1S/C20H15N3O3/c21-13-9-11-14(12-10-13)25-17-7-3-1-5-15(17)19(24)23-20-22-16-6-2-4-8-18(16)26-20/h1-12H,21H2,(H,22,23,24). The van der Waals surface area contributed by atoms with E-state index in [1.165, 1.54) is 0 Å². The third-order valence-corrected chi connectivity index (χ3v) is 3.75. The molecule has 0 aliphatic carbocycles. The number of aromatic nitrogens is 1. The first-order valence-corrected chi connectivity index (χ1v) is 7.98. The fourth-order valence-electron chi connectivity index (χ4n) is 2.50. The van der Waals surface area contributed by atoms with E-state index in [2.05, 4.69) is 10.3 Å². The quantitative estimate of drug-likeness (QED) is 0.533. The molecule has 3 aromatic carbocycles. The predicted octanol–water partition coefficient (Wildman–Crippen LogP) is 4.45. The third kappa shape index (κ3) is 3.21. The second-order valence-electron chi connectivity index (χ2n) is 5.61. The number of hydrogen-bond acceptors (Lipinski definition) is 5. The summed E-state index contributed by atoms with van der Waals surface area (Å²) in [6.45, 7) is 0. The number of nitrogens with one attached hydrogen (secondary N) is 1. The van der Waals surface area contributed by atoms with Crippen molar-refractivity contribution in [1.82, 2.24) is 4.98 Å². The lowest BCUT2D eigenvalue weighted by atomic mass is 10.2. The van der Waals surface area contributed by atoms with Crippen LogP contribution in [0.25, 0.3) is 11.1 Å². The van der Waals surface area contributed by atoms with Crippen molar-refractivity contribution in [2.24, 2.45) is 0 Å². The molecule has 1 heterocycles. The normalized spacial score (nSPS) is 10.6. The summed E-state index contributed by atoms with van der Waals surface area (Å²) < 4.78 is 11.3. The van der Waals surface area contributed by atoms with Crippen molar-refractivity contribution in [2.75, 3.05) is 11.1 Å².